The predicted molar refractivity (Wildman–Crippen MR) is 138 cm³/mol. The van der Waals surface area contributed by atoms with Crippen molar-refractivity contribution in [2.45, 2.75) is 33.7 Å². The quantitative estimate of drug-likeness (QED) is 0.275. The fourth-order valence-electron chi connectivity index (χ4n) is 4.36. The van der Waals surface area contributed by atoms with E-state index in [1.54, 1.807) is 11.3 Å². The van der Waals surface area contributed by atoms with E-state index in [0.29, 0.717) is 0 Å². The monoisotopic (exact) mass is 437 g/mol. The normalized spacial score (nSPS) is 11.3. The first-order chi connectivity index (χ1) is 15.6. The molecule has 0 N–H and O–H groups in total. The molecule has 5 rings (SSSR count). The van der Waals surface area contributed by atoms with E-state index < -0.39 is 0 Å². The molecule has 0 saturated carbocycles. The highest BCUT2D eigenvalue weighted by molar-refractivity contribution is 7.18. The summed E-state index contributed by atoms with van der Waals surface area (Å²) in [4.78, 5) is 11.7. The molecule has 0 unspecified atom stereocenters. The van der Waals surface area contributed by atoms with Gasteiger partial charge in [-0.15, -0.1) is 11.3 Å². The van der Waals surface area contributed by atoms with E-state index in [1.807, 2.05) is 6.20 Å². The molecule has 5 aromatic rings. The Balaban J connectivity index is 1.52. The van der Waals surface area contributed by atoms with Crippen LogP contribution in [0.5, 0.6) is 0 Å². The highest BCUT2D eigenvalue weighted by atomic mass is 32.1. The Morgan fingerprint density at radius 2 is 1.69 bits per heavy atom. The van der Waals surface area contributed by atoms with Crippen LogP contribution in [-0.2, 0) is 6.54 Å². The topological polar surface area (TPSA) is 29.0 Å². The van der Waals surface area contributed by atoms with Crippen LogP contribution >= 0.6 is 11.3 Å². The van der Waals surface area contributed by atoms with Crippen molar-refractivity contribution >= 4 is 38.1 Å². The highest BCUT2D eigenvalue weighted by Gasteiger charge is 2.13. The first kappa shape index (κ1) is 20.7. The van der Waals surface area contributed by atoms with Crippen LogP contribution < -0.4 is 4.90 Å². The number of aryl methyl sites for hydroxylation is 2. The van der Waals surface area contributed by atoms with E-state index in [1.165, 1.54) is 38.0 Å². The summed E-state index contributed by atoms with van der Waals surface area (Å²) in [5.41, 5.74) is 8.52. The maximum Gasteiger partial charge on any atom is 0.0907 e. The Kier molecular flexibility index (Phi) is 5.62. The maximum atomic E-state index is 4.69. The number of nitrogens with zero attached hydrogens (tertiary/aromatic N) is 3. The summed E-state index contributed by atoms with van der Waals surface area (Å²) in [5, 5.41) is 2.32. The molecule has 3 aromatic carbocycles. The van der Waals surface area contributed by atoms with Crippen molar-refractivity contribution in [3.05, 3.63) is 89.1 Å². The van der Waals surface area contributed by atoms with Crippen molar-refractivity contribution in [1.82, 2.24) is 9.97 Å². The van der Waals surface area contributed by atoms with Crippen molar-refractivity contribution in [3.63, 3.8) is 0 Å². The lowest BCUT2D eigenvalue weighted by atomic mass is 9.99. The van der Waals surface area contributed by atoms with Crippen LogP contribution in [0.3, 0.4) is 0 Å². The van der Waals surface area contributed by atoms with Crippen LogP contribution in [-0.4, -0.2) is 16.5 Å². The molecule has 0 atom stereocenters. The Morgan fingerprint density at radius 3 is 2.56 bits per heavy atom. The second-order valence-corrected chi connectivity index (χ2v) is 9.56. The minimum atomic E-state index is 0.875. The van der Waals surface area contributed by atoms with Gasteiger partial charge in [0.15, 0.2) is 0 Å². The molecule has 32 heavy (non-hydrogen) atoms. The van der Waals surface area contributed by atoms with Crippen molar-refractivity contribution in [2.24, 2.45) is 0 Å². The van der Waals surface area contributed by atoms with Gasteiger partial charge in [0.1, 0.15) is 0 Å². The molecule has 0 aliphatic heterocycles. The maximum absolute atomic E-state index is 4.69. The molecule has 0 bridgehead atoms. The van der Waals surface area contributed by atoms with Crippen LogP contribution in [0.15, 0.2) is 72.9 Å². The number of pyridine rings is 1. The molecule has 2 aromatic heterocycles. The smallest absolute Gasteiger partial charge is 0.0907 e. The molecule has 0 aliphatic carbocycles. The van der Waals surface area contributed by atoms with Gasteiger partial charge in [-0.1, -0.05) is 43.3 Å². The van der Waals surface area contributed by atoms with Gasteiger partial charge in [0.2, 0.25) is 0 Å². The molecular formula is C28H27N3S. The van der Waals surface area contributed by atoms with Gasteiger partial charge in [-0.25, -0.2) is 4.98 Å². The number of fused-ring (bicyclic) bond motifs is 2. The fraction of sp³-hybridized carbons (Fsp3) is 0.214. The van der Waals surface area contributed by atoms with Crippen LogP contribution in [0, 0.1) is 13.8 Å². The van der Waals surface area contributed by atoms with Crippen LogP contribution in [0.25, 0.3) is 32.2 Å². The number of aromatic nitrogens is 2. The third-order valence-corrected chi connectivity index (χ3v) is 6.95. The van der Waals surface area contributed by atoms with E-state index in [0.717, 1.165) is 35.6 Å². The van der Waals surface area contributed by atoms with Crippen LogP contribution in [0.2, 0.25) is 0 Å². The van der Waals surface area contributed by atoms with E-state index in [-0.39, 0.29) is 0 Å². The van der Waals surface area contributed by atoms with Crippen LogP contribution in [0.4, 0.5) is 5.69 Å². The number of para-hydroxylation sites is 1. The summed E-state index contributed by atoms with van der Waals surface area (Å²) in [5.74, 6) is 0. The summed E-state index contributed by atoms with van der Waals surface area (Å²) in [7, 11) is 0. The van der Waals surface area contributed by atoms with Gasteiger partial charge >= 0.3 is 0 Å². The second kappa shape index (κ2) is 8.71. The SMILES string of the molecule is CCCN(Cc1cc(-c2ccc3sc(C)nc3c2)ccc1C)c1ccnc2ccccc12. The standard InChI is InChI=1S/C28H27N3S/c1-4-15-31(27-13-14-29-25-8-6-5-7-24(25)27)18-23-16-21(10-9-19(23)2)22-11-12-28-26(17-22)30-20(3)32-28/h5-14,16-17H,4,15,18H2,1-3H3. The molecule has 0 aliphatic rings. The number of anilines is 1. The minimum absolute atomic E-state index is 0.875. The van der Waals surface area contributed by atoms with Gasteiger partial charge in [-0.05, 0) is 72.9 Å². The Hall–Kier alpha value is -3.24. The molecule has 4 heteroatoms. The predicted octanol–water partition coefficient (Wildman–Crippen LogP) is 7.54. The zero-order chi connectivity index (χ0) is 22.1. The number of rotatable bonds is 6. The first-order valence-corrected chi connectivity index (χ1v) is 12.0. The third-order valence-electron chi connectivity index (χ3n) is 6.00. The van der Waals surface area contributed by atoms with Gasteiger partial charge in [0, 0.05) is 30.4 Å². The summed E-state index contributed by atoms with van der Waals surface area (Å²) in [6.45, 7) is 8.40. The minimum Gasteiger partial charge on any atom is -0.367 e. The average Bonchev–Trinajstić information content (AvgIpc) is 3.19. The van der Waals surface area contributed by atoms with E-state index in [4.69, 9.17) is 0 Å². The molecule has 0 saturated heterocycles. The Bertz CT molecular complexity index is 1400. The number of thiazole rings is 1. The molecule has 0 fully saturated rings. The highest BCUT2D eigenvalue weighted by Crippen LogP contribution is 2.31. The number of hydrogen-bond acceptors (Lipinski definition) is 4. The lowest BCUT2D eigenvalue weighted by Gasteiger charge is -2.27. The molecule has 0 radical (unpaired) electrons. The van der Waals surface area contributed by atoms with Gasteiger partial charge in [0.05, 0.1) is 20.7 Å². The van der Waals surface area contributed by atoms with Gasteiger partial charge in [-0.2, -0.15) is 0 Å². The van der Waals surface area contributed by atoms with Gasteiger partial charge in [-0.3, -0.25) is 4.98 Å². The summed E-state index contributed by atoms with van der Waals surface area (Å²) in [6, 6.07) is 24.0. The lowest BCUT2D eigenvalue weighted by Crippen LogP contribution is -2.24. The van der Waals surface area contributed by atoms with E-state index in [9.17, 15) is 0 Å². The zero-order valence-corrected chi connectivity index (χ0v) is 19.6. The molecule has 0 amide bonds. The lowest BCUT2D eigenvalue weighted by molar-refractivity contribution is 0.767. The largest absolute Gasteiger partial charge is 0.367 e. The first-order valence-electron chi connectivity index (χ1n) is 11.2. The van der Waals surface area contributed by atoms with Gasteiger partial charge in [0.25, 0.3) is 0 Å². The van der Waals surface area contributed by atoms with E-state index >= 15 is 0 Å². The van der Waals surface area contributed by atoms with Crippen LogP contribution in [0.1, 0.15) is 29.5 Å². The second-order valence-electron chi connectivity index (χ2n) is 8.33. The zero-order valence-electron chi connectivity index (χ0n) is 18.8. The van der Waals surface area contributed by atoms with Crippen molar-refractivity contribution < 1.29 is 0 Å². The van der Waals surface area contributed by atoms with Crippen molar-refractivity contribution in [3.8, 4) is 11.1 Å². The molecule has 2 heterocycles. The molecule has 160 valence electrons. The van der Waals surface area contributed by atoms with E-state index in [2.05, 4.69) is 102 Å². The Labute approximate surface area is 193 Å². The Morgan fingerprint density at radius 1 is 0.875 bits per heavy atom. The number of benzene rings is 3. The summed E-state index contributed by atoms with van der Waals surface area (Å²) >= 11 is 1.75. The van der Waals surface area contributed by atoms with Crippen molar-refractivity contribution in [2.75, 3.05) is 11.4 Å². The van der Waals surface area contributed by atoms with Gasteiger partial charge < -0.3 is 4.90 Å². The molecular weight excluding hydrogens is 410 g/mol. The molecule has 3 nitrogen and oxygen atoms in total. The average molecular weight is 438 g/mol. The van der Waals surface area contributed by atoms with Crippen molar-refractivity contribution in [1.29, 1.82) is 0 Å². The fourth-order valence-corrected chi connectivity index (χ4v) is 5.17. The third kappa shape index (κ3) is 3.98. The summed E-state index contributed by atoms with van der Waals surface area (Å²) < 4.78 is 1.25. The summed E-state index contributed by atoms with van der Waals surface area (Å²) in [6.07, 6.45) is 3.02. The number of hydrogen-bond donors (Lipinski definition) is 0. The molecule has 0 spiro atoms.